The first-order chi connectivity index (χ1) is 8.75. The molecule has 1 aliphatic carbocycles. The number of nitrogens with two attached hydrogens (primary N) is 1. The van der Waals surface area contributed by atoms with E-state index in [1.54, 1.807) is 0 Å². The van der Waals surface area contributed by atoms with Crippen molar-refractivity contribution in [2.75, 3.05) is 5.73 Å². The molecular formula is C16H15NO. The van der Waals surface area contributed by atoms with E-state index in [2.05, 4.69) is 0 Å². The van der Waals surface area contributed by atoms with E-state index in [1.807, 2.05) is 54.6 Å². The van der Waals surface area contributed by atoms with Crippen LogP contribution in [-0.4, -0.2) is 5.78 Å². The molecule has 2 nitrogen and oxygen atoms in total. The van der Waals surface area contributed by atoms with Crippen LogP contribution in [0.5, 0.6) is 0 Å². The van der Waals surface area contributed by atoms with E-state index in [4.69, 9.17) is 5.73 Å². The third kappa shape index (κ3) is 2.02. The highest BCUT2D eigenvalue weighted by atomic mass is 16.1. The van der Waals surface area contributed by atoms with Gasteiger partial charge in [-0.3, -0.25) is 4.79 Å². The molecule has 0 aromatic heterocycles. The Morgan fingerprint density at radius 2 is 1.67 bits per heavy atom. The highest BCUT2D eigenvalue weighted by Crippen LogP contribution is 2.49. The number of benzene rings is 2. The number of anilines is 1. The van der Waals surface area contributed by atoms with E-state index in [9.17, 15) is 4.79 Å². The van der Waals surface area contributed by atoms with Crippen LogP contribution in [0.2, 0.25) is 0 Å². The summed E-state index contributed by atoms with van der Waals surface area (Å²) in [6, 6.07) is 17.4. The first-order valence-electron chi connectivity index (χ1n) is 6.20. The summed E-state index contributed by atoms with van der Waals surface area (Å²) in [6.07, 6.45) is 0.956. The summed E-state index contributed by atoms with van der Waals surface area (Å²) in [5.74, 6) is 0.784. The minimum absolute atomic E-state index is 0.149. The molecule has 0 spiro atoms. The molecule has 0 heterocycles. The SMILES string of the molecule is Nc1ccc(C2CC2C(=O)c2ccccc2)cc1. The Morgan fingerprint density at radius 3 is 2.33 bits per heavy atom. The Labute approximate surface area is 106 Å². The van der Waals surface area contributed by atoms with E-state index in [0.717, 1.165) is 17.7 Å². The number of carbonyl (C=O) groups excluding carboxylic acids is 1. The molecule has 3 rings (SSSR count). The minimum Gasteiger partial charge on any atom is -0.399 e. The zero-order chi connectivity index (χ0) is 12.5. The van der Waals surface area contributed by atoms with Crippen LogP contribution in [0.25, 0.3) is 0 Å². The van der Waals surface area contributed by atoms with Crippen molar-refractivity contribution in [3.63, 3.8) is 0 Å². The molecule has 0 saturated heterocycles. The van der Waals surface area contributed by atoms with Crippen LogP contribution in [0.15, 0.2) is 54.6 Å². The largest absolute Gasteiger partial charge is 0.399 e. The molecule has 2 aromatic carbocycles. The van der Waals surface area contributed by atoms with E-state index in [0.29, 0.717) is 5.92 Å². The Hall–Kier alpha value is -2.09. The van der Waals surface area contributed by atoms with Gasteiger partial charge in [0.05, 0.1) is 0 Å². The summed E-state index contributed by atoms with van der Waals surface area (Å²) >= 11 is 0. The molecule has 1 aliphatic rings. The lowest BCUT2D eigenvalue weighted by molar-refractivity contribution is 0.0965. The molecule has 90 valence electrons. The van der Waals surface area contributed by atoms with Gasteiger partial charge in [-0.25, -0.2) is 0 Å². The predicted octanol–water partition coefficient (Wildman–Crippen LogP) is 3.26. The van der Waals surface area contributed by atoms with Gasteiger partial charge >= 0.3 is 0 Å². The van der Waals surface area contributed by atoms with Gasteiger partial charge in [0, 0.05) is 17.2 Å². The topological polar surface area (TPSA) is 43.1 Å². The highest BCUT2D eigenvalue weighted by Gasteiger charge is 2.43. The zero-order valence-electron chi connectivity index (χ0n) is 10.0. The van der Waals surface area contributed by atoms with Crippen LogP contribution in [0, 0.1) is 5.92 Å². The van der Waals surface area contributed by atoms with Crippen molar-refractivity contribution in [3.8, 4) is 0 Å². The molecule has 2 atom stereocenters. The maximum atomic E-state index is 12.2. The molecule has 0 radical (unpaired) electrons. The van der Waals surface area contributed by atoms with Crippen molar-refractivity contribution in [2.24, 2.45) is 5.92 Å². The summed E-state index contributed by atoms with van der Waals surface area (Å²) in [5, 5.41) is 0. The molecule has 2 N–H and O–H groups in total. The third-order valence-electron chi connectivity index (χ3n) is 3.55. The van der Waals surface area contributed by atoms with E-state index >= 15 is 0 Å². The lowest BCUT2D eigenvalue weighted by Gasteiger charge is -2.01. The van der Waals surface area contributed by atoms with Gasteiger partial charge in [0.25, 0.3) is 0 Å². The number of rotatable bonds is 3. The second kappa shape index (κ2) is 4.30. The summed E-state index contributed by atoms with van der Waals surface area (Å²) in [4.78, 5) is 12.2. The van der Waals surface area contributed by atoms with Crippen LogP contribution in [0.1, 0.15) is 28.3 Å². The molecule has 1 fully saturated rings. The Morgan fingerprint density at radius 1 is 1.00 bits per heavy atom. The average molecular weight is 237 g/mol. The van der Waals surface area contributed by atoms with E-state index < -0.39 is 0 Å². The van der Waals surface area contributed by atoms with E-state index in [-0.39, 0.29) is 11.7 Å². The van der Waals surface area contributed by atoms with Crippen molar-refractivity contribution >= 4 is 11.5 Å². The standard InChI is InChI=1S/C16H15NO/c17-13-8-6-11(7-9-13)14-10-15(14)16(18)12-4-2-1-3-5-12/h1-9,14-15H,10,17H2. The van der Waals surface area contributed by atoms with E-state index in [1.165, 1.54) is 5.56 Å². The summed E-state index contributed by atoms with van der Waals surface area (Å²) in [7, 11) is 0. The Kier molecular flexibility index (Phi) is 2.63. The number of carbonyl (C=O) groups is 1. The average Bonchev–Trinajstić information content (AvgIpc) is 3.20. The quantitative estimate of drug-likeness (QED) is 0.657. The van der Waals surface area contributed by atoms with Gasteiger partial charge in [-0.05, 0) is 30.0 Å². The molecule has 18 heavy (non-hydrogen) atoms. The van der Waals surface area contributed by atoms with Gasteiger partial charge in [-0.2, -0.15) is 0 Å². The fraction of sp³-hybridized carbons (Fsp3) is 0.188. The molecular weight excluding hydrogens is 222 g/mol. The Bertz CT molecular complexity index is 559. The molecule has 2 aromatic rings. The van der Waals surface area contributed by atoms with Crippen LogP contribution >= 0.6 is 0 Å². The van der Waals surface area contributed by atoms with Crippen LogP contribution in [0.3, 0.4) is 0 Å². The van der Waals surface area contributed by atoms with Gasteiger partial charge in [0.2, 0.25) is 0 Å². The number of ketones is 1. The molecule has 2 unspecified atom stereocenters. The number of hydrogen-bond donors (Lipinski definition) is 1. The minimum atomic E-state index is 0.149. The second-order valence-corrected chi connectivity index (χ2v) is 4.85. The maximum absolute atomic E-state index is 12.2. The molecule has 0 amide bonds. The lowest BCUT2D eigenvalue weighted by Crippen LogP contribution is -2.02. The fourth-order valence-electron chi connectivity index (χ4n) is 2.41. The first-order valence-corrected chi connectivity index (χ1v) is 6.20. The first kappa shape index (κ1) is 11.0. The molecule has 0 aliphatic heterocycles. The number of hydrogen-bond acceptors (Lipinski definition) is 2. The van der Waals surface area contributed by atoms with Gasteiger partial charge in [0.15, 0.2) is 5.78 Å². The normalized spacial score (nSPS) is 21.6. The van der Waals surface area contributed by atoms with Crippen molar-refractivity contribution in [3.05, 3.63) is 65.7 Å². The fourth-order valence-corrected chi connectivity index (χ4v) is 2.41. The monoisotopic (exact) mass is 237 g/mol. The molecule has 2 heteroatoms. The second-order valence-electron chi connectivity index (χ2n) is 4.85. The highest BCUT2D eigenvalue weighted by molar-refractivity contribution is 6.00. The maximum Gasteiger partial charge on any atom is 0.166 e. The van der Waals surface area contributed by atoms with Gasteiger partial charge in [-0.15, -0.1) is 0 Å². The smallest absolute Gasteiger partial charge is 0.166 e. The lowest BCUT2D eigenvalue weighted by atomic mass is 10.0. The number of Topliss-reactive ketones (excluding diaryl/α,β-unsaturated/α-hetero) is 1. The van der Waals surface area contributed by atoms with Crippen molar-refractivity contribution < 1.29 is 4.79 Å². The zero-order valence-corrected chi connectivity index (χ0v) is 10.0. The number of nitrogen functional groups attached to an aromatic ring is 1. The summed E-state index contributed by atoms with van der Waals surface area (Å²) < 4.78 is 0. The van der Waals surface area contributed by atoms with Gasteiger partial charge in [-0.1, -0.05) is 42.5 Å². The summed E-state index contributed by atoms with van der Waals surface area (Å²) in [5.41, 5.74) is 8.48. The molecule has 0 bridgehead atoms. The van der Waals surface area contributed by atoms with Crippen LogP contribution in [-0.2, 0) is 0 Å². The predicted molar refractivity (Wildman–Crippen MR) is 72.5 cm³/mol. The summed E-state index contributed by atoms with van der Waals surface area (Å²) in [6.45, 7) is 0. The van der Waals surface area contributed by atoms with Gasteiger partial charge in [0.1, 0.15) is 0 Å². The van der Waals surface area contributed by atoms with Crippen LogP contribution < -0.4 is 5.73 Å². The van der Waals surface area contributed by atoms with Crippen molar-refractivity contribution in [2.45, 2.75) is 12.3 Å². The van der Waals surface area contributed by atoms with Crippen molar-refractivity contribution in [1.82, 2.24) is 0 Å². The van der Waals surface area contributed by atoms with Crippen molar-refractivity contribution in [1.29, 1.82) is 0 Å². The molecule has 1 saturated carbocycles. The van der Waals surface area contributed by atoms with Crippen LogP contribution in [0.4, 0.5) is 5.69 Å². The third-order valence-corrected chi connectivity index (χ3v) is 3.55. The Balaban J connectivity index is 1.75. The van der Waals surface area contributed by atoms with Gasteiger partial charge < -0.3 is 5.73 Å².